The summed E-state index contributed by atoms with van der Waals surface area (Å²) in [5, 5.41) is 1.14. The van der Waals surface area contributed by atoms with Crippen LogP contribution in [0.15, 0.2) is 48.9 Å². The molecule has 0 aliphatic rings. The molecule has 3 rings (SSSR count). The molecule has 82 valence electrons. The van der Waals surface area contributed by atoms with E-state index in [-0.39, 0.29) is 0 Å². The fourth-order valence-electron chi connectivity index (χ4n) is 1.83. The highest BCUT2D eigenvalue weighted by Gasteiger charge is 2.01. The zero-order chi connectivity index (χ0) is 11.7. The normalized spacial score (nSPS) is 10.6. The third kappa shape index (κ3) is 1.87. The van der Waals surface area contributed by atoms with Crippen LogP contribution in [-0.4, -0.2) is 15.0 Å². The van der Waals surface area contributed by atoms with E-state index in [4.69, 9.17) is 0 Å². The first-order valence-electron chi connectivity index (χ1n) is 5.47. The lowest BCUT2D eigenvalue weighted by Crippen LogP contribution is -1.87. The number of hydrogen-bond acceptors (Lipinski definition) is 3. The molecule has 0 atom stereocenters. The Bertz CT molecular complexity index is 663. The van der Waals surface area contributed by atoms with Gasteiger partial charge in [-0.2, -0.15) is 0 Å². The Morgan fingerprint density at radius 2 is 1.88 bits per heavy atom. The maximum atomic E-state index is 4.51. The molecule has 0 N–H and O–H groups in total. The van der Waals surface area contributed by atoms with Gasteiger partial charge in [-0.25, -0.2) is 0 Å². The van der Waals surface area contributed by atoms with Crippen molar-refractivity contribution in [3.8, 4) is 11.3 Å². The van der Waals surface area contributed by atoms with Gasteiger partial charge in [0.25, 0.3) is 0 Å². The van der Waals surface area contributed by atoms with Crippen molar-refractivity contribution in [2.75, 3.05) is 0 Å². The number of fused-ring (bicyclic) bond motifs is 1. The van der Waals surface area contributed by atoms with Gasteiger partial charge in [-0.15, -0.1) is 0 Å². The largest absolute Gasteiger partial charge is 0.261 e. The van der Waals surface area contributed by atoms with E-state index in [1.54, 1.807) is 18.6 Å². The zero-order valence-corrected chi connectivity index (χ0v) is 9.46. The summed E-state index contributed by atoms with van der Waals surface area (Å²) in [5.41, 5.74) is 3.93. The summed E-state index contributed by atoms with van der Waals surface area (Å²) in [6.45, 7) is 1.99. The van der Waals surface area contributed by atoms with Crippen molar-refractivity contribution in [1.29, 1.82) is 0 Å². The molecule has 0 saturated carbocycles. The molecule has 0 fully saturated rings. The number of aryl methyl sites for hydroxylation is 1. The number of benzene rings is 1. The van der Waals surface area contributed by atoms with Crippen LogP contribution in [0.4, 0.5) is 0 Å². The summed E-state index contributed by atoms with van der Waals surface area (Å²) < 4.78 is 0. The van der Waals surface area contributed by atoms with Crippen LogP contribution >= 0.6 is 0 Å². The maximum absolute atomic E-state index is 4.51. The van der Waals surface area contributed by atoms with Crippen LogP contribution in [0, 0.1) is 6.92 Å². The number of aromatic nitrogens is 3. The molecular formula is C14H11N3. The third-order valence-electron chi connectivity index (χ3n) is 2.69. The molecule has 2 aromatic heterocycles. The third-order valence-corrected chi connectivity index (χ3v) is 2.69. The van der Waals surface area contributed by atoms with E-state index >= 15 is 0 Å². The molecule has 0 unspecified atom stereocenters. The van der Waals surface area contributed by atoms with Crippen LogP contribution in [0.5, 0.6) is 0 Å². The molecule has 0 amide bonds. The van der Waals surface area contributed by atoms with Gasteiger partial charge in [0.2, 0.25) is 0 Å². The van der Waals surface area contributed by atoms with Gasteiger partial charge >= 0.3 is 0 Å². The summed E-state index contributed by atoms with van der Waals surface area (Å²) in [6.07, 6.45) is 5.13. The molecule has 0 spiro atoms. The number of rotatable bonds is 1. The summed E-state index contributed by atoms with van der Waals surface area (Å²) in [5.74, 6) is 0. The number of hydrogen-bond donors (Lipinski definition) is 0. The monoisotopic (exact) mass is 221 g/mol. The first-order chi connectivity index (χ1) is 8.33. The average Bonchev–Trinajstić information content (AvgIpc) is 2.39. The fourth-order valence-corrected chi connectivity index (χ4v) is 1.83. The first-order valence-corrected chi connectivity index (χ1v) is 5.47. The van der Waals surface area contributed by atoms with Gasteiger partial charge in [0.15, 0.2) is 0 Å². The van der Waals surface area contributed by atoms with Crippen LogP contribution in [0.1, 0.15) is 5.69 Å². The lowest BCUT2D eigenvalue weighted by Gasteiger charge is -2.03. The standard InChI is InChI=1S/C14H11N3/c1-10-2-3-11-4-5-12(8-13(11)17-10)14-9-15-6-7-16-14/h2-9H,1H3. The van der Waals surface area contributed by atoms with Crippen LogP contribution in [0.25, 0.3) is 22.2 Å². The Balaban J connectivity index is 2.19. The fraction of sp³-hybridized carbons (Fsp3) is 0.0714. The highest BCUT2D eigenvalue weighted by Crippen LogP contribution is 2.21. The summed E-state index contributed by atoms with van der Waals surface area (Å²) in [7, 11) is 0. The van der Waals surface area contributed by atoms with Crippen LogP contribution in [-0.2, 0) is 0 Å². The zero-order valence-electron chi connectivity index (χ0n) is 9.46. The quantitative estimate of drug-likeness (QED) is 0.634. The lowest BCUT2D eigenvalue weighted by molar-refractivity contribution is 1.20. The smallest absolute Gasteiger partial charge is 0.0885 e. The Morgan fingerprint density at radius 1 is 1.00 bits per heavy atom. The number of pyridine rings is 1. The molecule has 3 nitrogen and oxygen atoms in total. The summed E-state index contributed by atoms with van der Waals surface area (Å²) >= 11 is 0. The van der Waals surface area contributed by atoms with Crippen LogP contribution in [0.2, 0.25) is 0 Å². The second kappa shape index (κ2) is 3.94. The lowest BCUT2D eigenvalue weighted by atomic mass is 10.1. The van der Waals surface area contributed by atoms with Gasteiger partial charge in [0, 0.05) is 29.0 Å². The summed E-state index contributed by atoms with van der Waals surface area (Å²) in [6, 6.07) is 10.3. The van der Waals surface area contributed by atoms with Gasteiger partial charge < -0.3 is 0 Å². The Morgan fingerprint density at radius 3 is 2.71 bits per heavy atom. The van der Waals surface area contributed by atoms with E-state index < -0.39 is 0 Å². The highest BCUT2D eigenvalue weighted by atomic mass is 14.8. The molecule has 1 aromatic carbocycles. The molecule has 17 heavy (non-hydrogen) atoms. The number of nitrogens with zero attached hydrogens (tertiary/aromatic N) is 3. The second-order valence-electron chi connectivity index (χ2n) is 3.95. The van der Waals surface area contributed by atoms with Gasteiger partial charge in [0.05, 0.1) is 17.4 Å². The van der Waals surface area contributed by atoms with Crippen LogP contribution in [0.3, 0.4) is 0 Å². The molecule has 2 heterocycles. The van der Waals surface area contributed by atoms with Crippen LogP contribution < -0.4 is 0 Å². The average molecular weight is 221 g/mol. The minimum absolute atomic E-state index is 0.873. The molecular weight excluding hydrogens is 210 g/mol. The molecule has 0 radical (unpaired) electrons. The Hall–Kier alpha value is -2.29. The molecule has 3 heteroatoms. The van der Waals surface area contributed by atoms with E-state index in [2.05, 4.69) is 27.1 Å². The minimum Gasteiger partial charge on any atom is -0.261 e. The van der Waals surface area contributed by atoms with Gasteiger partial charge in [-0.05, 0) is 19.1 Å². The van der Waals surface area contributed by atoms with E-state index in [0.29, 0.717) is 0 Å². The predicted molar refractivity (Wildman–Crippen MR) is 67.5 cm³/mol. The maximum Gasteiger partial charge on any atom is 0.0885 e. The van der Waals surface area contributed by atoms with E-state index in [9.17, 15) is 0 Å². The van der Waals surface area contributed by atoms with Crippen molar-refractivity contribution in [2.45, 2.75) is 6.92 Å². The van der Waals surface area contributed by atoms with Gasteiger partial charge in [-0.3, -0.25) is 15.0 Å². The first kappa shape index (κ1) is 9.90. The van der Waals surface area contributed by atoms with E-state index in [1.807, 2.05) is 25.1 Å². The minimum atomic E-state index is 0.873. The molecule has 0 aliphatic carbocycles. The van der Waals surface area contributed by atoms with Gasteiger partial charge in [-0.1, -0.05) is 18.2 Å². The second-order valence-corrected chi connectivity index (χ2v) is 3.95. The topological polar surface area (TPSA) is 38.7 Å². The Labute approximate surface area is 99.2 Å². The predicted octanol–water partition coefficient (Wildman–Crippen LogP) is 3.00. The molecule has 0 saturated heterocycles. The van der Waals surface area contributed by atoms with E-state index in [1.165, 1.54) is 0 Å². The van der Waals surface area contributed by atoms with Crippen molar-refractivity contribution >= 4 is 10.9 Å². The van der Waals surface area contributed by atoms with E-state index in [0.717, 1.165) is 27.9 Å². The Kier molecular flexibility index (Phi) is 2.29. The van der Waals surface area contributed by atoms with Crippen molar-refractivity contribution in [3.63, 3.8) is 0 Å². The molecule has 0 aliphatic heterocycles. The van der Waals surface area contributed by atoms with Crippen molar-refractivity contribution in [1.82, 2.24) is 15.0 Å². The highest BCUT2D eigenvalue weighted by molar-refractivity contribution is 5.83. The SMILES string of the molecule is Cc1ccc2ccc(-c3cnccn3)cc2n1. The molecule has 3 aromatic rings. The van der Waals surface area contributed by atoms with Crippen molar-refractivity contribution in [2.24, 2.45) is 0 Å². The van der Waals surface area contributed by atoms with Gasteiger partial charge in [0.1, 0.15) is 0 Å². The summed E-state index contributed by atoms with van der Waals surface area (Å²) in [4.78, 5) is 12.9. The van der Waals surface area contributed by atoms with Crippen molar-refractivity contribution < 1.29 is 0 Å². The van der Waals surface area contributed by atoms with Crippen molar-refractivity contribution in [3.05, 3.63) is 54.6 Å². The molecule has 0 bridgehead atoms.